The Morgan fingerprint density at radius 2 is 2.25 bits per heavy atom. The van der Waals surface area contributed by atoms with Gasteiger partial charge in [0.05, 0.1) is 5.56 Å². The lowest BCUT2D eigenvalue weighted by Gasteiger charge is -2.03. The molecule has 0 radical (unpaired) electrons. The van der Waals surface area contributed by atoms with Gasteiger partial charge in [0.15, 0.2) is 18.2 Å². The van der Waals surface area contributed by atoms with Gasteiger partial charge in [-0.15, -0.1) is 0 Å². The summed E-state index contributed by atoms with van der Waals surface area (Å²) in [5, 5.41) is 11.5. The van der Waals surface area contributed by atoms with Crippen molar-refractivity contribution >= 4 is 12.1 Å². The third-order valence-electron chi connectivity index (χ3n) is 2.91. The summed E-state index contributed by atoms with van der Waals surface area (Å²) in [6.07, 6.45) is 9.32. The van der Waals surface area contributed by atoms with Gasteiger partial charge in [-0.3, -0.25) is 4.79 Å². The summed E-state index contributed by atoms with van der Waals surface area (Å²) in [6.45, 7) is 1.55. The van der Waals surface area contributed by atoms with E-state index in [2.05, 4.69) is 10.1 Å². The number of nitrogens with two attached hydrogens (primary N) is 1. The van der Waals surface area contributed by atoms with Gasteiger partial charge in [-0.25, -0.2) is 9.55 Å². The number of nitrogens with zero attached hydrogens (tertiary/aromatic N) is 4. The standard InChI is InChI=1S/C13H15N5O2/c14-13(19)11-2-7-17(8-3-11)5-1-6-18-9-4-15-12(18)10-16-20/h2-4,7-10H,1,5-6H2,(H2-,14,15,19,20)/p+1. The smallest absolute Gasteiger partial charge is 0.249 e. The van der Waals surface area contributed by atoms with Crippen LogP contribution in [0.15, 0.2) is 42.1 Å². The van der Waals surface area contributed by atoms with E-state index in [1.165, 1.54) is 6.21 Å². The molecule has 3 N–H and O–H groups in total. The third-order valence-corrected chi connectivity index (χ3v) is 2.91. The van der Waals surface area contributed by atoms with E-state index in [0.717, 1.165) is 19.5 Å². The van der Waals surface area contributed by atoms with E-state index in [1.807, 2.05) is 27.7 Å². The zero-order chi connectivity index (χ0) is 14.4. The highest BCUT2D eigenvalue weighted by Crippen LogP contribution is 1.98. The number of aryl methyl sites for hydroxylation is 2. The van der Waals surface area contributed by atoms with Gasteiger partial charge < -0.3 is 15.5 Å². The highest BCUT2D eigenvalue weighted by Gasteiger charge is 2.05. The monoisotopic (exact) mass is 274 g/mol. The molecule has 0 spiro atoms. The fourth-order valence-corrected chi connectivity index (χ4v) is 1.88. The summed E-state index contributed by atoms with van der Waals surface area (Å²) in [4.78, 5) is 15.0. The Morgan fingerprint density at radius 1 is 1.50 bits per heavy atom. The Hall–Kier alpha value is -2.70. The summed E-state index contributed by atoms with van der Waals surface area (Å²) in [5.41, 5.74) is 5.68. The highest BCUT2D eigenvalue weighted by atomic mass is 16.4. The average Bonchev–Trinajstić information content (AvgIpc) is 2.87. The molecule has 20 heavy (non-hydrogen) atoms. The first-order valence-corrected chi connectivity index (χ1v) is 6.18. The number of primary amides is 1. The van der Waals surface area contributed by atoms with E-state index in [1.54, 1.807) is 18.3 Å². The van der Waals surface area contributed by atoms with Gasteiger partial charge >= 0.3 is 0 Å². The van der Waals surface area contributed by atoms with Crippen molar-refractivity contribution in [1.82, 2.24) is 9.55 Å². The molecule has 2 aromatic heterocycles. The van der Waals surface area contributed by atoms with Crippen molar-refractivity contribution in [1.29, 1.82) is 0 Å². The van der Waals surface area contributed by atoms with Gasteiger partial charge in [-0.05, 0) is 0 Å². The Balaban J connectivity index is 1.89. The van der Waals surface area contributed by atoms with Gasteiger partial charge in [-0.2, -0.15) is 0 Å². The van der Waals surface area contributed by atoms with E-state index < -0.39 is 5.91 Å². The van der Waals surface area contributed by atoms with Crippen molar-refractivity contribution < 1.29 is 14.6 Å². The van der Waals surface area contributed by atoms with Crippen molar-refractivity contribution in [2.75, 3.05) is 0 Å². The van der Waals surface area contributed by atoms with E-state index in [-0.39, 0.29) is 0 Å². The molecule has 2 rings (SSSR count). The molecule has 0 fully saturated rings. The highest BCUT2D eigenvalue weighted by molar-refractivity contribution is 5.92. The minimum absolute atomic E-state index is 0.427. The number of rotatable bonds is 6. The lowest BCUT2D eigenvalue weighted by atomic mass is 10.2. The summed E-state index contributed by atoms with van der Waals surface area (Å²) in [7, 11) is 0. The molecule has 0 atom stereocenters. The van der Waals surface area contributed by atoms with Gasteiger partial charge in [0, 0.05) is 37.5 Å². The van der Waals surface area contributed by atoms with Crippen LogP contribution in [0.3, 0.4) is 0 Å². The molecule has 1 amide bonds. The molecule has 0 aliphatic heterocycles. The molecule has 0 aliphatic rings. The quantitative estimate of drug-likeness (QED) is 0.340. The Bertz CT molecular complexity index is 603. The van der Waals surface area contributed by atoms with Crippen LogP contribution in [-0.4, -0.2) is 26.9 Å². The molecule has 2 heterocycles. The second-order valence-electron chi connectivity index (χ2n) is 4.27. The Labute approximate surface area is 116 Å². The van der Waals surface area contributed by atoms with Crippen LogP contribution in [0, 0.1) is 0 Å². The van der Waals surface area contributed by atoms with Crippen LogP contribution in [0.5, 0.6) is 0 Å². The normalized spacial score (nSPS) is 11.0. The third kappa shape index (κ3) is 3.41. The molecule has 0 saturated heterocycles. The minimum atomic E-state index is -0.427. The van der Waals surface area contributed by atoms with Gasteiger partial charge in [0.25, 0.3) is 0 Å². The van der Waals surface area contributed by atoms with Crippen molar-refractivity contribution in [3.05, 3.63) is 48.3 Å². The topological polar surface area (TPSA) is 97.4 Å². The van der Waals surface area contributed by atoms with Crippen LogP contribution >= 0.6 is 0 Å². The number of amides is 1. The number of aromatic nitrogens is 3. The summed E-state index contributed by atoms with van der Waals surface area (Å²) in [6, 6.07) is 3.40. The SMILES string of the molecule is NC(=O)c1cc[n+](CCCn2ccnc2/C=N/O)cc1. The molecule has 7 heteroatoms. The van der Waals surface area contributed by atoms with Crippen LogP contribution in [0.2, 0.25) is 0 Å². The lowest BCUT2D eigenvalue weighted by molar-refractivity contribution is -0.697. The second kappa shape index (κ2) is 6.46. The zero-order valence-electron chi connectivity index (χ0n) is 10.9. The molecular formula is C13H16N5O2+. The molecule has 0 unspecified atom stereocenters. The first-order chi connectivity index (χ1) is 9.70. The summed E-state index contributed by atoms with van der Waals surface area (Å²) in [5.74, 6) is 0.185. The first kappa shape index (κ1) is 13.7. The number of oxime groups is 1. The summed E-state index contributed by atoms with van der Waals surface area (Å²) >= 11 is 0. The largest absolute Gasteiger partial charge is 0.411 e. The van der Waals surface area contributed by atoms with E-state index >= 15 is 0 Å². The molecule has 104 valence electrons. The van der Waals surface area contributed by atoms with Crippen LogP contribution in [0.25, 0.3) is 0 Å². The van der Waals surface area contributed by atoms with E-state index in [9.17, 15) is 4.79 Å². The van der Waals surface area contributed by atoms with Crippen molar-refractivity contribution in [2.45, 2.75) is 19.5 Å². The number of carbonyl (C=O) groups excluding carboxylic acids is 1. The maximum atomic E-state index is 11.0. The fraction of sp³-hybridized carbons (Fsp3) is 0.231. The molecule has 0 saturated carbocycles. The van der Waals surface area contributed by atoms with Crippen molar-refractivity contribution in [2.24, 2.45) is 10.9 Å². The number of pyridine rings is 1. The maximum absolute atomic E-state index is 11.0. The van der Waals surface area contributed by atoms with Gasteiger partial charge in [0.1, 0.15) is 12.8 Å². The molecule has 0 bridgehead atoms. The number of hydrogen-bond acceptors (Lipinski definition) is 4. The van der Waals surface area contributed by atoms with Crippen LogP contribution in [0.1, 0.15) is 22.6 Å². The first-order valence-electron chi connectivity index (χ1n) is 6.18. The van der Waals surface area contributed by atoms with Crippen molar-refractivity contribution in [3.8, 4) is 0 Å². The van der Waals surface area contributed by atoms with Gasteiger partial charge in [-0.1, -0.05) is 5.16 Å². The van der Waals surface area contributed by atoms with Crippen LogP contribution in [-0.2, 0) is 13.1 Å². The zero-order valence-corrected chi connectivity index (χ0v) is 10.9. The molecule has 7 nitrogen and oxygen atoms in total. The van der Waals surface area contributed by atoms with Crippen LogP contribution in [0.4, 0.5) is 0 Å². The minimum Gasteiger partial charge on any atom is -0.411 e. The van der Waals surface area contributed by atoms with Gasteiger partial charge in [0.2, 0.25) is 5.91 Å². The average molecular weight is 274 g/mol. The maximum Gasteiger partial charge on any atom is 0.249 e. The fourth-order valence-electron chi connectivity index (χ4n) is 1.88. The van der Waals surface area contributed by atoms with E-state index in [4.69, 9.17) is 10.9 Å². The van der Waals surface area contributed by atoms with Crippen molar-refractivity contribution in [3.63, 3.8) is 0 Å². The second-order valence-corrected chi connectivity index (χ2v) is 4.27. The number of carbonyl (C=O) groups is 1. The molecule has 2 aromatic rings. The van der Waals surface area contributed by atoms with Crippen LogP contribution < -0.4 is 10.3 Å². The lowest BCUT2D eigenvalue weighted by Crippen LogP contribution is -2.33. The summed E-state index contributed by atoms with van der Waals surface area (Å²) < 4.78 is 3.88. The number of hydrogen-bond donors (Lipinski definition) is 2. The predicted molar refractivity (Wildman–Crippen MR) is 71.4 cm³/mol. The molecular weight excluding hydrogens is 258 g/mol. The Kier molecular flexibility index (Phi) is 4.43. The number of imidazole rings is 1. The molecule has 0 aromatic carbocycles. The Morgan fingerprint density at radius 3 is 2.90 bits per heavy atom. The van der Waals surface area contributed by atoms with E-state index in [0.29, 0.717) is 11.4 Å². The predicted octanol–water partition coefficient (Wildman–Crippen LogP) is 0.168. The molecule has 0 aliphatic carbocycles.